The molecule has 2 amide bonds. The average Bonchev–Trinajstić information content (AvgIpc) is 2.84. The van der Waals surface area contributed by atoms with Gasteiger partial charge in [-0.3, -0.25) is 19.3 Å². The second-order valence-electron chi connectivity index (χ2n) is 9.69. The molecule has 2 fully saturated rings. The predicted molar refractivity (Wildman–Crippen MR) is 148 cm³/mol. The quantitative estimate of drug-likeness (QED) is 0.306. The number of halogens is 2. The fraction of sp³-hybridized carbons (Fsp3) is 0.444. The van der Waals surface area contributed by atoms with E-state index in [4.69, 9.17) is 33.0 Å². The van der Waals surface area contributed by atoms with Gasteiger partial charge in [-0.2, -0.15) is 0 Å². The summed E-state index contributed by atoms with van der Waals surface area (Å²) in [5.41, 5.74) is 2.32. The number of carboxylic acids is 1. The topological polar surface area (TPSA) is 120 Å². The summed E-state index contributed by atoms with van der Waals surface area (Å²) in [5.74, 6) is -0.500. The molecule has 1 aliphatic heterocycles. The summed E-state index contributed by atoms with van der Waals surface area (Å²) in [6, 6.07) is 13.1. The predicted octanol–water partition coefficient (Wildman–Crippen LogP) is 3.79. The minimum atomic E-state index is -0.762. The van der Waals surface area contributed by atoms with E-state index >= 15 is 0 Å². The number of amides is 2. The van der Waals surface area contributed by atoms with Crippen LogP contribution in [0, 0.1) is 5.41 Å². The molecule has 2 aromatic carbocycles. The summed E-state index contributed by atoms with van der Waals surface area (Å²) in [4.78, 5) is 34.8. The number of likely N-dealkylation sites (tertiary alicyclic amines) is 1. The van der Waals surface area contributed by atoms with E-state index in [9.17, 15) is 14.4 Å². The van der Waals surface area contributed by atoms with Gasteiger partial charge in [-0.25, -0.2) is 0 Å². The molecule has 11 heteroatoms. The Morgan fingerprint density at radius 2 is 1.95 bits per heavy atom. The van der Waals surface area contributed by atoms with Gasteiger partial charge in [-0.15, -0.1) is 0 Å². The highest BCUT2D eigenvalue weighted by Crippen LogP contribution is 2.47. The van der Waals surface area contributed by atoms with E-state index in [1.807, 2.05) is 43.1 Å². The Morgan fingerprint density at radius 1 is 1.21 bits per heavy atom. The van der Waals surface area contributed by atoms with Crippen molar-refractivity contribution in [1.29, 1.82) is 0 Å². The molecule has 1 atom stereocenters. The first-order chi connectivity index (χ1) is 18.2. The van der Waals surface area contributed by atoms with Crippen LogP contribution < -0.4 is 20.7 Å². The summed E-state index contributed by atoms with van der Waals surface area (Å²) in [5, 5.41) is 18.2. The third kappa shape index (κ3) is 8.24. The minimum Gasteiger partial charge on any atom is -0.480 e. The zero-order chi connectivity index (χ0) is 27.7. The number of carboxylic acid groups (broad SMARTS) is 1. The van der Waals surface area contributed by atoms with Crippen molar-refractivity contribution in [3.05, 3.63) is 58.1 Å². The highest BCUT2D eigenvalue weighted by molar-refractivity contribution is 6.35. The Hall–Kier alpha value is -3.01. The molecule has 0 aromatic heterocycles. The number of benzene rings is 2. The maximum absolute atomic E-state index is 12.4. The molecular formula is C27H34Cl2N4O5. The van der Waals surface area contributed by atoms with E-state index in [0.717, 1.165) is 43.6 Å². The lowest BCUT2D eigenvalue weighted by atomic mass is 9.61. The molecule has 1 saturated carbocycles. The van der Waals surface area contributed by atoms with E-state index in [-0.39, 0.29) is 12.5 Å². The molecule has 4 rings (SSSR count). The van der Waals surface area contributed by atoms with Crippen molar-refractivity contribution in [2.24, 2.45) is 5.41 Å². The number of nitrogens with zero attached hydrogens (tertiary/aromatic N) is 1. The lowest BCUT2D eigenvalue weighted by Gasteiger charge is -2.58. The van der Waals surface area contributed by atoms with Crippen molar-refractivity contribution < 1.29 is 24.2 Å². The van der Waals surface area contributed by atoms with Crippen molar-refractivity contribution in [2.45, 2.75) is 44.9 Å². The highest BCUT2D eigenvalue weighted by Gasteiger charge is 2.52. The first kappa shape index (κ1) is 29.5. The van der Waals surface area contributed by atoms with Crippen LogP contribution in [0.25, 0.3) is 0 Å². The molecule has 1 spiro atoms. The van der Waals surface area contributed by atoms with Crippen LogP contribution in [0.4, 0.5) is 5.69 Å². The number of ether oxygens (including phenoxy) is 1. The number of anilines is 1. The van der Waals surface area contributed by atoms with Gasteiger partial charge in [-0.1, -0.05) is 42.3 Å². The van der Waals surface area contributed by atoms with Crippen LogP contribution in [0.2, 0.25) is 10.0 Å². The van der Waals surface area contributed by atoms with E-state index in [0.29, 0.717) is 40.2 Å². The first-order valence-electron chi connectivity index (χ1n) is 12.5. The molecule has 1 aliphatic carbocycles. The maximum atomic E-state index is 12.4. The Balaban J connectivity index is 0.000000241. The second kappa shape index (κ2) is 13.7. The Bertz CT molecular complexity index is 1120. The van der Waals surface area contributed by atoms with Crippen molar-refractivity contribution in [3.63, 3.8) is 0 Å². The summed E-state index contributed by atoms with van der Waals surface area (Å²) >= 11 is 12.0. The van der Waals surface area contributed by atoms with Crippen molar-refractivity contribution in [3.8, 4) is 5.75 Å². The van der Waals surface area contributed by atoms with Crippen molar-refractivity contribution >= 4 is 47.2 Å². The lowest BCUT2D eigenvalue weighted by Crippen LogP contribution is -2.66. The lowest BCUT2D eigenvalue weighted by molar-refractivity contribution is -0.145. The number of hydrogen-bond donors (Lipinski definition) is 4. The maximum Gasteiger partial charge on any atom is 0.317 e. The fourth-order valence-electron chi connectivity index (χ4n) is 4.85. The van der Waals surface area contributed by atoms with Gasteiger partial charge >= 0.3 is 5.97 Å². The number of aliphatic carboxylic acids is 1. The standard InChI is InChI=1S/C18H20Cl2N2O2.C9H14N2O3/c1-3-16(24-17-8-7-13(19)10-15(17)20)18(23)22-11-12-5-4-6-14(9-12)21-2;12-6-10-7-1-9(2-7)4-11(5-9)3-8(13)14/h4-10,16,21H,3,11H2,1-2H3,(H,22,23);6-7H,1-5H2,(H,10,12)(H,13,14). The molecule has 206 valence electrons. The summed E-state index contributed by atoms with van der Waals surface area (Å²) in [7, 11) is 1.86. The van der Waals surface area contributed by atoms with Crippen LogP contribution in [0.5, 0.6) is 5.75 Å². The van der Waals surface area contributed by atoms with E-state index < -0.39 is 12.1 Å². The summed E-state index contributed by atoms with van der Waals surface area (Å²) in [6.07, 6.45) is 2.66. The van der Waals surface area contributed by atoms with Gasteiger partial charge in [0.15, 0.2) is 6.10 Å². The van der Waals surface area contributed by atoms with E-state index in [1.165, 1.54) is 0 Å². The molecular weight excluding hydrogens is 531 g/mol. The number of carbonyl (C=O) groups is 3. The van der Waals surface area contributed by atoms with E-state index in [1.54, 1.807) is 18.2 Å². The zero-order valence-electron chi connectivity index (χ0n) is 21.5. The summed E-state index contributed by atoms with van der Waals surface area (Å²) in [6.45, 7) is 4.21. The summed E-state index contributed by atoms with van der Waals surface area (Å²) < 4.78 is 5.73. The second-order valence-corrected chi connectivity index (χ2v) is 10.5. The minimum absolute atomic E-state index is 0.146. The van der Waals surface area contributed by atoms with Gasteiger partial charge in [0.2, 0.25) is 6.41 Å². The third-order valence-corrected chi connectivity index (χ3v) is 7.18. The third-order valence-electron chi connectivity index (χ3n) is 6.65. The number of carbonyl (C=O) groups excluding carboxylic acids is 2. The number of hydrogen-bond acceptors (Lipinski definition) is 6. The zero-order valence-corrected chi connectivity index (χ0v) is 23.0. The molecule has 9 nitrogen and oxygen atoms in total. The van der Waals surface area contributed by atoms with Gasteiger partial charge in [-0.05, 0) is 60.6 Å². The SMILES string of the molecule is CCC(Oc1ccc(Cl)cc1Cl)C(=O)NCc1cccc(NC)c1.O=CNC1CC2(C1)CN(CC(=O)O)C2. The first-order valence-corrected chi connectivity index (χ1v) is 13.2. The van der Waals surface area contributed by atoms with Crippen molar-refractivity contribution in [2.75, 3.05) is 32.0 Å². The fourth-order valence-corrected chi connectivity index (χ4v) is 5.30. The van der Waals surface area contributed by atoms with Gasteiger partial charge in [0.1, 0.15) is 5.75 Å². The largest absolute Gasteiger partial charge is 0.480 e. The Labute approximate surface area is 232 Å². The van der Waals surface area contributed by atoms with Gasteiger partial charge in [0, 0.05) is 43.4 Å². The highest BCUT2D eigenvalue weighted by atomic mass is 35.5. The molecule has 1 unspecified atom stereocenters. The van der Waals surface area contributed by atoms with Crippen LogP contribution in [-0.4, -0.2) is 67.1 Å². The van der Waals surface area contributed by atoms with Gasteiger partial charge in [0.05, 0.1) is 11.6 Å². The van der Waals surface area contributed by atoms with E-state index in [2.05, 4.69) is 16.0 Å². The van der Waals surface area contributed by atoms with Crippen molar-refractivity contribution in [1.82, 2.24) is 15.5 Å². The van der Waals surface area contributed by atoms with Crippen LogP contribution in [0.1, 0.15) is 31.7 Å². The molecule has 38 heavy (non-hydrogen) atoms. The smallest absolute Gasteiger partial charge is 0.317 e. The van der Waals surface area contributed by atoms with Crippen LogP contribution in [0.3, 0.4) is 0 Å². The van der Waals surface area contributed by atoms with Gasteiger partial charge < -0.3 is 25.8 Å². The molecule has 1 saturated heterocycles. The molecule has 4 N–H and O–H groups in total. The molecule has 1 heterocycles. The average molecular weight is 565 g/mol. The monoisotopic (exact) mass is 564 g/mol. The molecule has 2 aromatic rings. The Kier molecular flexibility index (Phi) is 10.6. The van der Waals surface area contributed by atoms with Gasteiger partial charge in [0.25, 0.3) is 5.91 Å². The Morgan fingerprint density at radius 3 is 2.55 bits per heavy atom. The van der Waals surface area contributed by atoms with Crippen LogP contribution in [-0.2, 0) is 20.9 Å². The molecule has 2 aliphatic rings. The molecule has 0 bridgehead atoms. The normalized spacial score (nSPS) is 16.6. The number of nitrogens with one attached hydrogen (secondary N) is 3. The van der Waals surface area contributed by atoms with Crippen LogP contribution >= 0.6 is 23.2 Å². The number of rotatable bonds is 11. The molecule has 0 radical (unpaired) electrons. The van der Waals surface area contributed by atoms with Crippen LogP contribution in [0.15, 0.2) is 42.5 Å².